The van der Waals surface area contributed by atoms with Gasteiger partial charge in [0.15, 0.2) is 0 Å². The summed E-state index contributed by atoms with van der Waals surface area (Å²) in [5.41, 5.74) is 1.26. The van der Waals surface area contributed by atoms with Crippen LogP contribution < -0.4 is 0 Å². The van der Waals surface area contributed by atoms with Crippen LogP contribution >= 0.6 is 0 Å². The third kappa shape index (κ3) is 3.40. The number of aromatic nitrogens is 2. The minimum Gasteiger partial charge on any atom is -0.394 e. The number of aliphatic hydroxyl groups is 1. The van der Waals surface area contributed by atoms with Crippen LogP contribution in [0.5, 0.6) is 0 Å². The molecule has 2 saturated heterocycles. The number of likely N-dealkylation sites (N-methyl/N-ethyl adjacent to an activating group) is 1. The van der Waals surface area contributed by atoms with Crippen LogP contribution in [0.4, 0.5) is 0 Å². The second-order valence-electron chi connectivity index (χ2n) is 5.58. The average molecular weight is 280 g/mol. The number of hydrogen-bond acceptors (Lipinski definition) is 4. The molecule has 0 aliphatic carbocycles. The van der Waals surface area contributed by atoms with Gasteiger partial charge in [0.1, 0.15) is 0 Å². The van der Waals surface area contributed by atoms with Gasteiger partial charge in [0.25, 0.3) is 0 Å². The van der Waals surface area contributed by atoms with E-state index in [1.165, 1.54) is 31.5 Å². The summed E-state index contributed by atoms with van der Waals surface area (Å²) in [5.74, 6) is 0. The van der Waals surface area contributed by atoms with Gasteiger partial charge in [0, 0.05) is 43.5 Å². The van der Waals surface area contributed by atoms with Crippen LogP contribution in [0.15, 0.2) is 12.4 Å². The van der Waals surface area contributed by atoms with Crippen molar-refractivity contribution in [2.24, 2.45) is 0 Å². The molecule has 2 aliphatic rings. The summed E-state index contributed by atoms with van der Waals surface area (Å²) < 4.78 is 1.82. The lowest BCUT2D eigenvalue weighted by molar-refractivity contribution is 0.0837. The van der Waals surface area contributed by atoms with Crippen molar-refractivity contribution in [3.8, 4) is 0 Å². The van der Waals surface area contributed by atoms with Crippen LogP contribution in [0.3, 0.4) is 0 Å². The monoisotopic (exact) mass is 280 g/mol. The zero-order chi connectivity index (χ0) is 14.5. The Hall–Kier alpha value is -0.910. The van der Waals surface area contributed by atoms with Crippen LogP contribution in [0.1, 0.15) is 32.3 Å². The van der Waals surface area contributed by atoms with Crippen LogP contribution in [0.2, 0.25) is 0 Å². The van der Waals surface area contributed by atoms with Crippen LogP contribution in [-0.4, -0.2) is 63.5 Å². The summed E-state index contributed by atoms with van der Waals surface area (Å²) in [6, 6.07) is 1.49. The van der Waals surface area contributed by atoms with E-state index in [-0.39, 0.29) is 6.61 Å². The summed E-state index contributed by atoms with van der Waals surface area (Å²) in [7, 11) is 2.26. The highest BCUT2D eigenvalue weighted by molar-refractivity contribution is 5.05. The maximum Gasteiger partial charge on any atom is 0.0640 e. The Labute approximate surface area is 122 Å². The van der Waals surface area contributed by atoms with Crippen molar-refractivity contribution in [1.29, 1.82) is 0 Å². The molecule has 0 amide bonds. The first-order valence-corrected chi connectivity index (χ1v) is 7.83. The molecule has 5 nitrogen and oxygen atoms in total. The predicted octanol–water partition coefficient (Wildman–Crippen LogP) is 1.18. The van der Waals surface area contributed by atoms with E-state index in [9.17, 15) is 0 Å². The molecule has 2 aliphatic heterocycles. The number of hydrogen-bond donors (Lipinski definition) is 1. The van der Waals surface area contributed by atoms with Gasteiger partial charge in [-0.05, 0) is 19.9 Å². The maximum atomic E-state index is 8.88. The van der Waals surface area contributed by atoms with Crippen molar-refractivity contribution >= 4 is 0 Å². The van der Waals surface area contributed by atoms with E-state index in [1.54, 1.807) is 0 Å². The Balaban J connectivity index is 0.000000704. The standard InChI is InChI=1S/C13H22N4O.C2H6/c1-15-12-2-3-13(15)10-16(9-12)7-11-6-14-17(8-11)4-5-18;1-2/h6,8,12-13,18H,2-5,7,9-10H2,1H3;1-2H3. The zero-order valence-corrected chi connectivity index (χ0v) is 13.0. The predicted molar refractivity (Wildman–Crippen MR) is 80.5 cm³/mol. The highest BCUT2D eigenvalue weighted by Gasteiger charge is 2.37. The summed E-state index contributed by atoms with van der Waals surface area (Å²) in [6.07, 6.45) is 6.68. The minimum absolute atomic E-state index is 0.153. The molecular formula is C15H28N4O. The van der Waals surface area contributed by atoms with E-state index < -0.39 is 0 Å². The lowest BCUT2D eigenvalue weighted by Gasteiger charge is -2.38. The fourth-order valence-corrected chi connectivity index (χ4v) is 3.30. The molecule has 2 bridgehead atoms. The molecule has 2 fully saturated rings. The Bertz CT molecular complexity index is 392. The Kier molecular flexibility index (Phi) is 5.57. The largest absolute Gasteiger partial charge is 0.394 e. The second kappa shape index (κ2) is 7.20. The molecule has 1 aromatic rings. The smallest absolute Gasteiger partial charge is 0.0640 e. The van der Waals surface area contributed by atoms with Crippen molar-refractivity contribution in [2.45, 2.75) is 51.9 Å². The third-order valence-corrected chi connectivity index (χ3v) is 4.34. The number of aliphatic hydroxyl groups excluding tert-OH is 1. The first-order chi connectivity index (χ1) is 9.76. The molecule has 5 heteroatoms. The molecule has 0 saturated carbocycles. The van der Waals surface area contributed by atoms with Crippen LogP contribution in [0, 0.1) is 0 Å². The normalized spacial score (nSPS) is 26.4. The first-order valence-electron chi connectivity index (χ1n) is 7.83. The van der Waals surface area contributed by atoms with Crippen LogP contribution in [-0.2, 0) is 13.1 Å². The maximum absolute atomic E-state index is 8.88. The third-order valence-electron chi connectivity index (χ3n) is 4.34. The minimum atomic E-state index is 0.153. The fraction of sp³-hybridized carbons (Fsp3) is 0.800. The molecule has 0 radical (unpaired) electrons. The van der Waals surface area contributed by atoms with Crippen molar-refractivity contribution < 1.29 is 5.11 Å². The molecule has 2 unspecified atom stereocenters. The van der Waals surface area contributed by atoms with Gasteiger partial charge in [0.2, 0.25) is 0 Å². The van der Waals surface area contributed by atoms with Crippen molar-refractivity contribution in [2.75, 3.05) is 26.7 Å². The number of likely N-dealkylation sites (tertiary alicyclic amines) is 1. The molecule has 1 N–H and O–H groups in total. The van der Waals surface area contributed by atoms with E-state index in [0.717, 1.165) is 18.6 Å². The molecule has 1 aromatic heterocycles. The highest BCUT2D eigenvalue weighted by Crippen LogP contribution is 2.28. The van der Waals surface area contributed by atoms with E-state index in [1.807, 2.05) is 24.7 Å². The van der Waals surface area contributed by atoms with Gasteiger partial charge in [-0.25, -0.2) is 0 Å². The number of nitrogens with zero attached hydrogens (tertiary/aromatic N) is 4. The molecule has 3 rings (SSSR count). The van der Waals surface area contributed by atoms with Crippen LogP contribution in [0.25, 0.3) is 0 Å². The molecule has 3 heterocycles. The van der Waals surface area contributed by atoms with Gasteiger partial charge < -0.3 is 5.11 Å². The van der Waals surface area contributed by atoms with E-state index in [4.69, 9.17) is 5.11 Å². The number of rotatable bonds is 4. The van der Waals surface area contributed by atoms with Gasteiger partial charge >= 0.3 is 0 Å². The number of piperazine rings is 1. The summed E-state index contributed by atoms with van der Waals surface area (Å²) in [6.45, 7) is 8.09. The summed E-state index contributed by atoms with van der Waals surface area (Å²) in [4.78, 5) is 5.09. The van der Waals surface area contributed by atoms with Crippen molar-refractivity contribution in [1.82, 2.24) is 19.6 Å². The van der Waals surface area contributed by atoms with E-state index in [0.29, 0.717) is 6.54 Å². The van der Waals surface area contributed by atoms with E-state index in [2.05, 4.69) is 28.1 Å². The lowest BCUT2D eigenvalue weighted by atomic mass is 10.2. The summed E-state index contributed by atoms with van der Waals surface area (Å²) in [5, 5.41) is 13.1. The van der Waals surface area contributed by atoms with Crippen molar-refractivity contribution in [3.63, 3.8) is 0 Å². The Morgan fingerprint density at radius 1 is 1.25 bits per heavy atom. The van der Waals surface area contributed by atoms with Crippen molar-refractivity contribution in [3.05, 3.63) is 18.0 Å². The van der Waals surface area contributed by atoms with Gasteiger partial charge in [-0.2, -0.15) is 5.10 Å². The average Bonchev–Trinajstić information content (AvgIpc) is 2.95. The van der Waals surface area contributed by atoms with E-state index >= 15 is 0 Å². The Morgan fingerprint density at radius 3 is 2.50 bits per heavy atom. The number of fused-ring (bicyclic) bond motifs is 2. The molecule has 114 valence electrons. The topological polar surface area (TPSA) is 44.5 Å². The quantitative estimate of drug-likeness (QED) is 0.899. The Morgan fingerprint density at radius 2 is 1.90 bits per heavy atom. The van der Waals surface area contributed by atoms with Gasteiger partial charge in [-0.1, -0.05) is 13.8 Å². The molecule has 0 spiro atoms. The van der Waals surface area contributed by atoms with Gasteiger partial charge in [-0.15, -0.1) is 0 Å². The second-order valence-corrected chi connectivity index (χ2v) is 5.58. The van der Waals surface area contributed by atoms with Gasteiger partial charge in [-0.3, -0.25) is 14.5 Å². The molecule has 2 atom stereocenters. The van der Waals surface area contributed by atoms with Gasteiger partial charge in [0.05, 0.1) is 19.3 Å². The molecular weight excluding hydrogens is 252 g/mol. The molecule has 20 heavy (non-hydrogen) atoms. The first kappa shape index (κ1) is 15.5. The zero-order valence-electron chi connectivity index (χ0n) is 13.0. The molecule has 0 aromatic carbocycles. The summed E-state index contributed by atoms with van der Waals surface area (Å²) >= 11 is 0. The SMILES string of the molecule is CC.CN1C2CCC1CN(Cc1cnn(CCO)c1)C2. The lowest BCUT2D eigenvalue weighted by Crippen LogP contribution is -2.51. The fourth-order valence-electron chi connectivity index (χ4n) is 3.30. The highest BCUT2D eigenvalue weighted by atomic mass is 16.3.